The van der Waals surface area contributed by atoms with Crippen molar-refractivity contribution in [3.05, 3.63) is 42.2 Å². The molecule has 0 aliphatic heterocycles. The van der Waals surface area contributed by atoms with Crippen LogP contribution in [0.4, 0.5) is 17.3 Å². The van der Waals surface area contributed by atoms with Crippen LogP contribution in [0.15, 0.2) is 36.7 Å². The third-order valence-electron chi connectivity index (χ3n) is 2.68. The van der Waals surface area contributed by atoms with E-state index >= 15 is 0 Å². The van der Waals surface area contributed by atoms with Crippen LogP contribution in [0, 0.1) is 12.8 Å². The molecule has 0 spiro atoms. The molecule has 100 valence electrons. The third-order valence-corrected chi connectivity index (χ3v) is 2.68. The maximum atomic E-state index is 4.22. The highest BCUT2D eigenvalue weighted by Crippen LogP contribution is 2.16. The van der Waals surface area contributed by atoms with E-state index in [0.717, 1.165) is 23.9 Å². The Bertz CT molecular complexity index is 520. The Morgan fingerprint density at radius 1 is 1.05 bits per heavy atom. The summed E-state index contributed by atoms with van der Waals surface area (Å²) in [5.74, 6) is 2.23. The number of aromatic nitrogens is 2. The highest BCUT2D eigenvalue weighted by molar-refractivity contribution is 5.58. The lowest BCUT2D eigenvalue weighted by atomic mass is 10.2. The lowest BCUT2D eigenvalue weighted by molar-refractivity contribution is 0.687. The molecule has 0 saturated carbocycles. The molecule has 0 atom stereocenters. The van der Waals surface area contributed by atoms with Gasteiger partial charge in [-0.3, -0.25) is 0 Å². The summed E-state index contributed by atoms with van der Waals surface area (Å²) in [7, 11) is 0. The lowest BCUT2D eigenvalue weighted by Crippen LogP contribution is -2.09. The molecule has 0 fully saturated rings. The predicted molar refractivity (Wildman–Crippen MR) is 79.8 cm³/mol. The molecule has 19 heavy (non-hydrogen) atoms. The minimum absolute atomic E-state index is 0.587. The van der Waals surface area contributed by atoms with Gasteiger partial charge in [0.25, 0.3) is 0 Å². The van der Waals surface area contributed by atoms with Crippen LogP contribution >= 0.6 is 0 Å². The van der Waals surface area contributed by atoms with Crippen LogP contribution in [0.5, 0.6) is 0 Å². The fraction of sp³-hybridized carbons (Fsp3) is 0.333. The number of aryl methyl sites for hydroxylation is 1. The number of hydrogen-bond donors (Lipinski definition) is 2. The summed E-state index contributed by atoms with van der Waals surface area (Å²) in [6, 6.07) is 10.1. The SMILES string of the molecule is Cc1ccc(Nc2cc(NCC(C)C)ncn2)cc1. The second-order valence-corrected chi connectivity index (χ2v) is 5.05. The van der Waals surface area contributed by atoms with Crippen molar-refractivity contribution in [1.82, 2.24) is 9.97 Å². The topological polar surface area (TPSA) is 49.8 Å². The van der Waals surface area contributed by atoms with Gasteiger partial charge in [-0.05, 0) is 25.0 Å². The van der Waals surface area contributed by atoms with E-state index in [9.17, 15) is 0 Å². The molecule has 0 amide bonds. The van der Waals surface area contributed by atoms with E-state index in [2.05, 4.69) is 53.5 Å². The predicted octanol–water partition coefficient (Wildman–Crippen LogP) is 3.60. The molecule has 2 aromatic rings. The number of hydrogen-bond acceptors (Lipinski definition) is 4. The van der Waals surface area contributed by atoms with Crippen LogP contribution in [0.25, 0.3) is 0 Å². The average molecular weight is 256 g/mol. The van der Waals surface area contributed by atoms with E-state index < -0.39 is 0 Å². The van der Waals surface area contributed by atoms with Crippen molar-refractivity contribution in [3.8, 4) is 0 Å². The number of nitrogens with zero attached hydrogens (tertiary/aromatic N) is 2. The molecule has 0 aliphatic carbocycles. The van der Waals surface area contributed by atoms with Crippen LogP contribution < -0.4 is 10.6 Å². The number of rotatable bonds is 5. The number of benzene rings is 1. The molecular weight excluding hydrogens is 236 g/mol. The highest BCUT2D eigenvalue weighted by atomic mass is 15.1. The molecule has 0 radical (unpaired) electrons. The van der Waals surface area contributed by atoms with E-state index in [-0.39, 0.29) is 0 Å². The summed E-state index contributed by atoms with van der Waals surface area (Å²) >= 11 is 0. The van der Waals surface area contributed by atoms with Gasteiger partial charge in [0.05, 0.1) is 0 Å². The molecule has 0 saturated heterocycles. The third kappa shape index (κ3) is 4.25. The fourth-order valence-corrected chi connectivity index (χ4v) is 1.62. The summed E-state index contributed by atoms with van der Waals surface area (Å²) in [6.45, 7) is 7.31. The molecule has 1 heterocycles. The van der Waals surface area contributed by atoms with Crippen LogP contribution in [-0.2, 0) is 0 Å². The van der Waals surface area contributed by atoms with E-state index in [1.165, 1.54) is 5.56 Å². The molecule has 0 aliphatic rings. The van der Waals surface area contributed by atoms with E-state index in [1.807, 2.05) is 18.2 Å². The Morgan fingerprint density at radius 3 is 2.42 bits per heavy atom. The zero-order valence-corrected chi connectivity index (χ0v) is 11.6. The van der Waals surface area contributed by atoms with E-state index in [1.54, 1.807) is 6.33 Å². The summed E-state index contributed by atoms with van der Waals surface area (Å²) < 4.78 is 0. The van der Waals surface area contributed by atoms with Gasteiger partial charge in [-0.2, -0.15) is 0 Å². The Hall–Kier alpha value is -2.10. The van der Waals surface area contributed by atoms with Gasteiger partial charge >= 0.3 is 0 Å². The zero-order chi connectivity index (χ0) is 13.7. The van der Waals surface area contributed by atoms with Crippen molar-refractivity contribution in [2.45, 2.75) is 20.8 Å². The van der Waals surface area contributed by atoms with Gasteiger partial charge in [-0.15, -0.1) is 0 Å². The smallest absolute Gasteiger partial charge is 0.135 e. The monoisotopic (exact) mass is 256 g/mol. The van der Waals surface area contributed by atoms with Crippen LogP contribution in [0.1, 0.15) is 19.4 Å². The Labute approximate surface area is 114 Å². The van der Waals surface area contributed by atoms with Crippen molar-refractivity contribution in [2.24, 2.45) is 5.92 Å². The second kappa shape index (κ2) is 6.18. The van der Waals surface area contributed by atoms with Gasteiger partial charge in [0.1, 0.15) is 18.0 Å². The second-order valence-electron chi connectivity index (χ2n) is 5.05. The van der Waals surface area contributed by atoms with Gasteiger partial charge in [0, 0.05) is 18.3 Å². The van der Waals surface area contributed by atoms with Gasteiger partial charge in [0.15, 0.2) is 0 Å². The van der Waals surface area contributed by atoms with E-state index in [0.29, 0.717) is 5.92 Å². The largest absolute Gasteiger partial charge is 0.370 e. The summed E-state index contributed by atoms with van der Waals surface area (Å²) in [6.07, 6.45) is 1.57. The number of anilines is 3. The number of nitrogens with one attached hydrogen (secondary N) is 2. The van der Waals surface area contributed by atoms with Gasteiger partial charge in [-0.1, -0.05) is 31.5 Å². The standard InChI is InChI=1S/C15H20N4/c1-11(2)9-16-14-8-15(18-10-17-14)19-13-6-4-12(3)5-7-13/h4-8,10-11H,9H2,1-3H3,(H2,16,17,18,19). The molecule has 2 rings (SSSR count). The fourth-order valence-electron chi connectivity index (χ4n) is 1.62. The maximum Gasteiger partial charge on any atom is 0.135 e. The Morgan fingerprint density at radius 2 is 1.74 bits per heavy atom. The molecule has 0 bridgehead atoms. The first-order valence-corrected chi connectivity index (χ1v) is 6.53. The van der Waals surface area contributed by atoms with Crippen molar-refractivity contribution >= 4 is 17.3 Å². The normalized spacial score (nSPS) is 10.5. The molecule has 2 N–H and O–H groups in total. The summed E-state index contributed by atoms with van der Waals surface area (Å²) in [4.78, 5) is 8.43. The van der Waals surface area contributed by atoms with Crippen molar-refractivity contribution in [3.63, 3.8) is 0 Å². The van der Waals surface area contributed by atoms with Crippen molar-refractivity contribution in [2.75, 3.05) is 17.2 Å². The van der Waals surface area contributed by atoms with Crippen molar-refractivity contribution < 1.29 is 0 Å². The van der Waals surface area contributed by atoms with Gasteiger partial charge in [0.2, 0.25) is 0 Å². The first-order valence-electron chi connectivity index (χ1n) is 6.53. The molecule has 0 unspecified atom stereocenters. The molecule has 4 heteroatoms. The molecule has 1 aromatic heterocycles. The van der Waals surface area contributed by atoms with Crippen LogP contribution in [0.2, 0.25) is 0 Å². The molecule has 4 nitrogen and oxygen atoms in total. The summed E-state index contributed by atoms with van der Waals surface area (Å²) in [5.41, 5.74) is 2.27. The zero-order valence-electron chi connectivity index (χ0n) is 11.6. The quantitative estimate of drug-likeness (QED) is 0.858. The van der Waals surface area contributed by atoms with Crippen molar-refractivity contribution in [1.29, 1.82) is 0 Å². The first-order chi connectivity index (χ1) is 9.13. The maximum absolute atomic E-state index is 4.22. The van der Waals surface area contributed by atoms with Gasteiger partial charge < -0.3 is 10.6 Å². The Kier molecular flexibility index (Phi) is 4.34. The first kappa shape index (κ1) is 13.3. The minimum Gasteiger partial charge on any atom is -0.370 e. The lowest BCUT2D eigenvalue weighted by Gasteiger charge is -2.10. The highest BCUT2D eigenvalue weighted by Gasteiger charge is 2.00. The molecule has 1 aromatic carbocycles. The summed E-state index contributed by atoms with van der Waals surface area (Å²) in [5, 5.41) is 6.56. The van der Waals surface area contributed by atoms with Crippen LogP contribution in [0.3, 0.4) is 0 Å². The van der Waals surface area contributed by atoms with Crippen LogP contribution in [-0.4, -0.2) is 16.5 Å². The molecular formula is C15H20N4. The minimum atomic E-state index is 0.587. The van der Waals surface area contributed by atoms with E-state index in [4.69, 9.17) is 0 Å². The average Bonchev–Trinajstić information content (AvgIpc) is 2.40. The Balaban J connectivity index is 2.04. The van der Waals surface area contributed by atoms with Gasteiger partial charge in [-0.25, -0.2) is 9.97 Å².